The summed E-state index contributed by atoms with van der Waals surface area (Å²) in [6.07, 6.45) is 7.92. The quantitative estimate of drug-likeness (QED) is 0.766. The Balaban J connectivity index is 1.97. The van der Waals surface area contributed by atoms with Crippen LogP contribution < -0.4 is 10.1 Å². The first-order chi connectivity index (χ1) is 10.3. The van der Waals surface area contributed by atoms with Crippen molar-refractivity contribution in [3.8, 4) is 5.75 Å². The van der Waals surface area contributed by atoms with E-state index in [4.69, 9.17) is 4.74 Å². The fourth-order valence-electron chi connectivity index (χ4n) is 3.60. The maximum Gasteiger partial charge on any atom is 0.119 e. The van der Waals surface area contributed by atoms with Crippen LogP contribution in [0.3, 0.4) is 0 Å². The Morgan fingerprint density at radius 1 is 1.10 bits per heavy atom. The minimum atomic E-state index is 0.489. The summed E-state index contributed by atoms with van der Waals surface area (Å²) in [5.74, 6) is 2.73. The van der Waals surface area contributed by atoms with Crippen molar-refractivity contribution in [2.24, 2.45) is 11.8 Å². The normalized spacial score (nSPS) is 23.8. The van der Waals surface area contributed by atoms with Gasteiger partial charge < -0.3 is 10.1 Å². The van der Waals surface area contributed by atoms with Gasteiger partial charge in [-0.1, -0.05) is 45.2 Å². The first kappa shape index (κ1) is 16.4. The molecule has 0 amide bonds. The van der Waals surface area contributed by atoms with Gasteiger partial charge in [0.05, 0.1) is 6.61 Å². The van der Waals surface area contributed by atoms with E-state index in [1.165, 1.54) is 37.7 Å². The number of rotatable bonds is 7. The molecule has 1 aromatic rings. The molecule has 0 bridgehead atoms. The van der Waals surface area contributed by atoms with Crippen molar-refractivity contribution in [1.82, 2.24) is 5.32 Å². The van der Waals surface area contributed by atoms with E-state index in [0.717, 1.165) is 30.6 Å². The molecule has 1 atom stereocenters. The van der Waals surface area contributed by atoms with Crippen LogP contribution in [0.15, 0.2) is 24.3 Å². The van der Waals surface area contributed by atoms with Gasteiger partial charge in [0.1, 0.15) is 5.75 Å². The van der Waals surface area contributed by atoms with Crippen LogP contribution in [0.25, 0.3) is 0 Å². The molecule has 1 aromatic carbocycles. The van der Waals surface area contributed by atoms with Gasteiger partial charge in [0, 0.05) is 6.04 Å². The molecule has 21 heavy (non-hydrogen) atoms. The Bertz CT molecular complexity index is 393. The van der Waals surface area contributed by atoms with E-state index in [2.05, 4.69) is 50.5 Å². The van der Waals surface area contributed by atoms with E-state index in [9.17, 15) is 0 Å². The van der Waals surface area contributed by atoms with Gasteiger partial charge in [-0.25, -0.2) is 0 Å². The van der Waals surface area contributed by atoms with Crippen molar-refractivity contribution >= 4 is 0 Å². The molecule has 1 aliphatic rings. The molecular formula is C19H31NO. The van der Waals surface area contributed by atoms with Crippen molar-refractivity contribution in [2.75, 3.05) is 13.7 Å². The summed E-state index contributed by atoms with van der Waals surface area (Å²) in [5.41, 5.74) is 1.40. The van der Waals surface area contributed by atoms with Crippen molar-refractivity contribution in [3.05, 3.63) is 29.8 Å². The minimum absolute atomic E-state index is 0.489. The van der Waals surface area contributed by atoms with Crippen LogP contribution in [0.1, 0.15) is 64.0 Å². The lowest BCUT2D eigenvalue weighted by Gasteiger charge is -2.33. The average molecular weight is 289 g/mol. The molecule has 0 saturated heterocycles. The number of hydrogen-bond donors (Lipinski definition) is 1. The van der Waals surface area contributed by atoms with Gasteiger partial charge in [0.25, 0.3) is 0 Å². The van der Waals surface area contributed by atoms with Crippen LogP contribution in [0.2, 0.25) is 0 Å². The highest BCUT2D eigenvalue weighted by atomic mass is 16.5. The fraction of sp³-hybridized carbons (Fsp3) is 0.684. The summed E-state index contributed by atoms with van der Waals surface area (Å²) < 4.78 is 5.68. The molecule has 0 radical (unpaired) electrons. The third kappa shape index (κ3) is 4.47. The lowest BCUT2D eigenvalue weighted by atomic mass is 9.76. The Kier molecular flexibility index (Phi) is 6.56. The summed E-state index contributed by atoms with van der Waals surface area (Å²) in [5, 5.41) is 3.54. The van der Waals surface area contributed by atoms with Crippen LogP contribution in [-0.2, 0) is 0 Å². The summed E-state index contributed by atoms with van der Waals surface area (Å²) in [7, 11) is 2.10. The van der Waals surface area contributed by atoms with Gasteiger partial charge in [-0.3, -0.25) is 0 Å². The van der Waals surface area contributed by atoms with Gasteiger partial charge in [0.15, 0.2) is 0 Å². The highest BCUT2D eigenvalue weighted by Gasteiger charge is 2.27. The fourth-order valence-corrected chi connectivity index (χ4v) is 3.60. The SMILES string of the molecule is CCCOc1ccc(C(NC)C2CCC(CC)CC2)cc1. The second kappa shape index (κ2) is 8.43. The van der Waals surface area contributed by atoms with Crippen LogP contribution in [0.5, 0.6) is 5.75 Å². The molecule has 0 aromatic heterocycles. The average Bonchev–Trinajstić information content (AvgIpc) is 2.55. The number of hydrogen-bond acceptors (Lipinski definition) is 2. The highest BCUT2D eigenvalue weighted by Crippen LogP contribution is 2.38. The number of benzene rings is 1. The van der Waals surface area contributed by atoms with E-state index in [-0.39, 0.29) is 0 Å². The molecule has 2 rings (SSSR count). The van der Waals surface area contributed by atoms with E-state index >= 15 is 0 Å². The first-order valence-electron chi connectivity index (χ1n) is 8.68. The van der Waals surface area contributed by atoms with E-state index < -0.39 is 0 Å². The van der Waals surface area contributed by atoms with Crippen LogP contribution in [-0.4, -0.2) is 13.7 Å². The predicted octanol–water partition coefficient (Wildman–Crippen LogP) is 4.95. The third-order valence-electron chi connectivity index (χ3n) is 4.96. The molecule has 0 heterocycles. The Hall–Kier alpha value is -1.02. The molecule has 118 valence electrons. The van der Waals surface area contributed by atoms with Gasteiger partial charge >= 0.3 is 0 Å². The smallest absolute Gasteiger partial charge is 0.119 e. The van der Waals surface area contributed by atoms with Gasteiger partial charge in [0.2, 0.25) is 0 Å². The molecule has 0 aliphatic heterocycles. The summed E-state index contributed by atoms with van der Waals surface area (Å²) in [4.78, 5) is 0. The first-order valence-corrected chi connectivity index (χ1v) is 8.68. The molecule has 2 heteroatoms. The number of ether oxygens (including phenoxy) is 1. The zero-order chi connectivity index (χ0) is 15.1. The molecule has 1 unspecified atom stereocenters. The molecule has 1 N–H and O–H groups in total. The molecule has 0 spiro atoms. The van der Waals surface area contributed by atoms with Crippen molar-refractivity contribution < 1.29 is 4.74 Å². The number of nitrogens with one attached hydrogen (secondary N) is 1. The standard InChI is InChI=1S/C19H31NO/c1-4-14-21-18-12-10-17(11-13-18)19(20-3)16-8-6-15(5-2)7-9-16/h10-13,15-16,19-20H,4-9,14H2,1-3H3. The van der Waals surface area contributed by atoms with Gasteiger partial charge in [-0.15, -0.1) is 0 Å². The zero-order valence-corrected chi connectivity index (χ0v) is 13.9. The summed E-state index contributed by atoms with van der Waals surface area (Å²) in [6, 6.07) is 9.19. The summed E-state index contributed by atoms with van der Waals surface area (Å²) in [6.45, 7) is 5.27. The third-order valence-corrected chi connectivity index (χ3v) is 4.96. The van der Waals surface area contributed by atoms with Crippen LogP contribution in [0, 0.1) is 11.8 Å². The Morgan fingerprint density at radius 3 is 2.29 bits per heavy atom. The Labute approximate surface area is 130 Å². The van der Waals surface area contributed by atoms with Crippen molar-refractivity contribution in [2.45, 2.75) is 58.4 Å². The maximum absolute atomic E-state index is 5.68. The molecular weight excluding hydrogens is 258 g/mol. The lowest BCUT2D eigenvalue weighted by molar-refractivity contribution is 0.224. The largest absolute Gasteiger partial charge is 0.494 e. The molecule has 1 saturated carbocycles. The molecule has 1 aliphatic carbocycles. The van der Waals surface area contributed by atoms with Gasteiger partial charge in [-0.2, -0.15) is 0 Å². The summed E-state index contributed by atoms with van der Waals surface area (Å²) >= 11 is 0. The second-order valence-corrected chi connectivity index (χ2v) is 6.37. The zero-order valence-electron chi connectivity index (χ0n) is 13.9. The monoisotopic (exact) mass is 289 g/mol. The molecule has 2 nitrogen and oxygen atoms in total. The van der Waals surface area contributed by atoms with Crippen molar-refractivity contribution in [1.29, 1.82) is 0 Å². The lowest BCUT2D eigenvalue weighted by Crippen LogP contribution is -2.28. The second-order valence-electron chi connectivity index (χ2n) is 6.37. The van der Waals surface area contributed by atoms with Gasteiger partial charge in [-0.05, 0) is 55.8 Å². The minimum Gasteiger partial charge on any atom is -0.494 e. The Morgan fingerprint density at radius 2 is 1.76 bits per heavy atom. The maximum atomic E-state index is 5.68. The van der Waals surface area contributed by atoms with Crippen LogP contribution >= 0.6 is 0 Å². The van der Waals surface area contributed by atoms with Crippen LogP contribution in [0.4, 0.5) is 0 Å². The topological polar surface area (TPSA) is 21.3 Å². The predicted molar refractivity (Wildman–Crippen MR) is 89.8 cm³/mol. The highest BCUT2D eigenvalue weighted by molar-refractivity contribution is 5.29. The van der Waals surface area contributed by atoms with E-state index in [1.807, 2.05) is 0 Å². The van der Waals surface area contributed by atoms with E-state index in [1.54, 1.807) is 0 Å². The van der Waals surface area contributed by atoms with E-state index in [0.29, 0.717) is 6.04 Å². The molecule has 1 fully saturated rings. The van der Waals surface area contributed by atoms with Crippen molar-refractivity contribution in [3.63, 3.8) is 0 Å².